The fraction of sp³-hybridized carbons (Fsp3) is 0.500. The first-order valence-corrected chi connectivity index (χ1v) is 8.18. The third-order valence-electron chi connectivity index (χ3n) is 4.70. The van der Waals surface area contributed by atoms with Gasteiger partial charge in [0.05, 0.1) is 13.1 Å². The monoisotopic (exact) mass is 316 g/mol. The van der Waals surface area contributed by atoms with Crippen molar-refractivity contribution in [2.24, 2.45) is 0 Å². The van der Waals surface area contributed by atoms with Crippen molar-refractivity contribution in [2.45, 2.75) is 39.3 Å². The molecule has 1 aromatic heterocycles. The molecule has 1 aliphatic heterocycles. The summed E-state index contributed by atoms with van der Waals surface area (Å²) in [6, 6.07) is 6.80. The normalized spacial score (nSPS) is 17.0. The van der Waals surface area contributed by atoms with E-state index >= 15 is 0 Å². The average molecular weight is 316 g/mol. The van der Waals surface area contributed by atoms with Gasteiger partial charge in [0, 0.05) is 24.5 Å². The second-order valence-electron chi connectivity index (χ2n) is 6.51. The Bertz CT molecular complexity index is 661. The maximum Gasteiger partial charge on any atom is 0.317 e. The molecule has 0 amide bonds. The Morgan fingerprint density at radius 2 is 1.96 bits per heavy atom. The Labute approximate surface area is 136 Å². The van der Waals surface area contributed by atoms with E-state index in [9.17, 15) is 4.79 Å². The number of hydrogen-bond acceptors (Lipinski definition) is 4. The number of aryl methyl sites for hydroxylation is 2. The van der Waals surface area contributed by atoms with E-state index in [4.69, 9.17) is 9.52 Å². The molecule has 124 valence electrons. The molecule has 2 heterocycles. The highest BCUT2D eigenvalue weighted by Crippen LogP contribution is 2.23. The van der Waals surface area contributed by atoms with Gasteiger partial charge in [-0.2, -0.15) is 0 Å². The minimum Gasteiger partial charge on any atom is -0.480 e. The molecule has 3 rings (SSSR count). The number of benzene rings is 1. The third-order valence-corrected chi connectivity index (χ3v) is 4.70. The van der Waals surface area contributed by atoms with Gasteiger partial charge in [-0.05, 0) is 56.0 Å². The Morgan fingerprint density at radius 1 is 1.26 bits per heavy atom. The van der Waals surface area contributed by atoms with Gasteiger partial charge in [-0.3, -0.25) is 9.69 Å². The summed E-state index contributed by atoms with van der Waals surface area (Å²) in [7, 11) is 0. The number of furan rings is 1. The van der Waals surface area contributed by atoms with Crippen molar-refractivity contribution in [3.05, 3.63) is 35.1 Å². The van der Waals surface area contributed by atoms with Crippen LogP contribution in [0, 0.1) is 13.8 Å². The molecule has 0 atom stereocenters. The Balaban J connectivity index is 1.54. The standard InChI is InChI=1S/C18H24N2O3/c1-12-7-14-9-16(23-17(14)8-13(12)2)10-19-15-3-5-20(6-4-15)11-18(21)22/h7-9,15,19H,3-6,10-11H2,1-2H3,(H,21,22). The highest BCUT2D eigenvalue weighted by Gasteiger charge is 2.20. The van der Waals surface area contributed by atoms with Crippen molar-refractivity contribution in [2.75, 3.05) is 19.6 Å². The van der Waals surface area contributed by atoms with Crippen LogP contribution >= 0.6 is 0 Å². The second-order valence-corrected chi connectivity index (χ2v) is 6.51. The zero-order valence-electron chi connectivity index (χ0n) is 13.8. The molecule has 0 radical (unpaired) electrons. The SMILES string of the molecule is Cc1cc2cc(CNC3CCN(CC(=O)O)CC3)oc2cc1C. The lowest BCUT2D eigenvalue weighted by Crippen LogP contribution is -2.43. The topological polar surface area (TPSA) is 65.7 Å². The van der Waals surface area contributed by atoms with Crippen molar-refractivity contribution in [1.29, 1.82) is 0 Å². The summed E-state index contributed by atoms with van der Waals surface area (Å²) in [6.45, 7) is 6.75. The zero-order valence-corrected chi connectivity index (χ0v) is 13.8. The predicted molar refractivity (Wildman–Crippen MR) is 89.6 cm³/mol. The van der Waals surface area contributed by atoms with E-state index in [0.29, 0.717) is 6.04 Å². The maximum atomic E-state index is 10.7. The van der Waals surface area contributed by atoms with Gasteiger partial charge >= 0.3 is 5.97 Å². The molecule has 2 aromatic rings. The van der Waals surface area contributed by atoms with Crippen LogP contribution in [0.15, 0.2) is 22.6 Å². The summed E-state index contributed by atoms with van der Waals surface area (Å²) in [5.41, 5.74) is 3.47. The van der Waals surface area contributed by atoms with Gasteiger partial charge in [0.1, 0.15) is 11.3 Å². The van der Waals surface area contributed by atoms with Crippen LogP contribution in [0.2, 0.25) is 0 Å². The Kier molecular flexibility index (Phi) is 4.68. The molecule has 5 nitrogen and oxygen atoms in total. The first kappa shape index (κ1) is 16.0. The fourth-order valence-corrected chi connectivity index (χ4v) is 3.18. The molecule has 0 unspecified atom stereocenters. The van der Waals surface area contributed by atoms with Gasteiger partial charge in [0.2, 0.25) is 0 Å². The molecule has 1 aromatic carbocycles. The number of fused-ring (bicyclic) bond motifs is 1. The van der Waals surface area contributed by atoms with Crippen LogP contribution in [0.1, 0.15) is 29.7 Å². The van der Waals surface area contributed by atoms with Crippen molar-refractivity contribution in [1.82, 2.24) is 10.2 Å². The summed E-state index contributed by atoms with van der Waals surface area (Å²) >= 11 is 0. The number of nitrogens with one attached hydrogen (secondary N) is 1. The molecule has 0 saturated carbocycles. The lowest BCUT2D eigenvalue weighted by Gasteiger charge is -2.31. The quantitative estimate of drug-likeness (QED) is 0.888. The molecule has 2 N–H and O–H groups in total. The Morgan fingerprint density at radius 3 is 2.65 bits per heavy atom. The van der Waals surface area contributed by atoms with E-state index in [1.165, 1.54) is 11.1 Å². The molecule has 0 spiro atoms. The van der Waals surface area contributed by atoms with Crippen LogP contribution in [0.4, 0.5) is 0 Å². The second kappa shape index (κ2) is 6.72. The van der Waals surface area contributed by atoms with Crippen molar-refractivity contribution >= 4 is 16.9 Å². The molecule has 23 heavy (non-hydrogen) atoms. The van der Waals surface area contributed by atoms with Crippen LogP contribution in [-0.4, -0.2) is 41.7 Å². The lowest BCUT2D eigenvalue weighted by molar-refractivity contribution is -0.138. The molecule has 1 aliphatic rings. The third kappa shape index (κ3) is 3.92. The van der Waals surface area contributed by atoms with Crippen LogP contribution in [-0.2, 0) is 11.3 Å². The number of nitrogens with zero attached hydrogens (tertiary/aromatic N) is 1. The first-order valence-electron chi connectivity index (χ1n) is 8.18. The van der Waals surface area contributed by atoms with Crippen LogP contribution in [0.5, 0.6) is 0 Å². The minimum absolute atomic E-state index is 0.148. The molecule has 5 heteroatoms. The number of carboxylic acid groups (broad SMARTS) is 1. The minimum atomic E-state index is -0.746. The summed E-state index contributed by atoms with van der Waals surface area (Å²) in [5, 5.41) is 13.5. The largest absolute Gasteiger partial charge is 0.480 e. The smallest absolute Gasteiger partial charge is 0.317 e. The van der Waals surface area contributed by atoms with E-state index in [1.54, 1.807) is 0 Å². The van der Waals surface area contributed by atoms with E-state index in [1.807, 2.05) is 4.90 Å². The molecule has 1 saturated heterocycles. The van der Waals surface area contributed by atoms with E-state index in [-0.39, 0.29) is 6.54 Å². The van der Waals surface area contributed by atoms with Gasteiger partial charge in [0.25, 0.3) is 0 Å². The number of carbonyl (C=O) groups is 1. The summed E-state index contributed by atoms with van der Waals surface area (Å²) < 4.78 is 5.92. The Hall–Kier alpha value is -1.85. The average Bonchev–Trinajstić information content (AvgIpc) is 2.88. The van der Waals surface area contributed by atoms with Crippen molar-refractivity contribution in [3.63, 3.8) is 0 Å². The highest BCUT2D eigenvalue weighted by molar-refractivity contribution is 5.79. The van der Waals surface area contributed by atoms with Crippen LogP contribution in [0.3, 0.4) is 0 Å². The number of aliphatic carboxylic acids is 1. The van der Waals surface area contributed by atoms with Crippen molar-refractivity contribution < 1.29 is 14.3 Å². The number of rotatable bonds is 5. The van der Waals surface area contributed by atoms with Crippen LogP contribution in [0.25, 0.3) is 11.0 Å². The van der Waals surface area contributed by atoms with Crippen molar-refractivity contribution in [3.8, 4) is 0 Å². The molecule has 1 fully saturated rings. The number of hydrogen-bond donors (Lipinski definition) is 2. The van der Waals surface area contributed by atoms with Gasteiger partial charge in [0.15, 0.2) is 0 Å². The number of likely N-dealkylation sites (tertiary alicyclic amines) is 1. The van der Waals surface area contributed by atoms with Gasteiger partial charge in [-0.25, -0.2) is 0 Å². The molecular formula is C18H24N2O3. The summed E-state index contributed by atoms with van der Waals surface area (Å²) in [6.07, 6.45) is 1.96. The molecule has 0 bridgehead atoms. The number of piperidine rings is 1. The number of carboxylic acids is 1. The molecular weight excluding hydrogens is 292 g/mol. The van der Waals surface area contributed by atoms with Crippen LogP contribution < -0.4 is 5.32 Å². The fourth-order valence-electron chi connectivity index (χ4n) is 3.18. The lowest BCUT2D eigenvalue weighted by atomic mass is 10.0. The first-order chi connectivity index (χ1) is 11.0. The maximum absolute atomic E-state index is 10.7. The van der Waals surface area contributed by atoms with Gasteiger partial charge in [-0.1, -0.05) is 0 Å². The summed E-state index contributed by atoms with van der Waals surface area (Å²) in [4.78, 5) is 12.7. The summed E-state index contributed by atoms with van der Waals surface area (Å²) in [5.74, 6) is 0.210. The van der Waals surface area contributed by atoms with Gasteiger partial charge in [-0.15, -0.1) is 0 Å². The van der Waals surface area contributed by atoms with E-state index in [0.717, 1.165) is 49.2 Å². The molecule has 0 aliphatic carbocycles. The van der Waals surface area contributed by atoms with E-state index < -0.39 is 5.97 Å². The zero-order chi connectivity index (χ0) is 16.4. The predicted octanol–water partition coefficient (Wildman–Crippen LogP) is 2.69. The van der Waals surface area contributed by atoms with E-state index in [2.05, 4.69) is 37.4 Å². The van der Waals surface area contributed by atoms with Gasteiger partial charge < -0.3 is 14.8 Å². The highest BCUT2D eigenvalue weighted by atomic mass is 16.4.